The summed E-state index contributed by atoms with van der Waals surface area (Å²) >= 11 is 0. The molecule has 2 rings (SSSR count). The summed E-state index contributed by atoms with van der Waals surface area (Å²) in [5.41, 5.74) is 2.56. The molecule has 0 radical (unpaired) electrons. The Morgan fingerprint density at radius 2 is 2.42 bits per heavy atom. The van der Waals surface area contributed by atoms with E-state index < -0.39 is 0 Å². The van der Waals surface area contributed by atoms with E-state index in [-0.39, 0.29) is 18.6 Å². The number of hydrogen-bond donors (Lipinski definition) is 2. The van der Waals surface area contributed by atoms with Gasteiger partial charge in [0.05, 0.1) is 0 Å². The van der Waals surface area contributed by atoms with E-state index in [9.17, 15) is 4.79 Å². The Hall–Kier alpha value is -1.83. The molecule has 1 aromatic carbocycles. The fourth-order valence-corrected chi connectivity index (χ4v) is 2.02. The van der Waals surface area contributed by atoms with E-state index in [2.05, 4.69) is 17.2 Å². The molecule has 1 aromatic rings. The van der Waals surface area contributed by atoms with Gasteiger partial charge in [-0.05, 0) is 43.5 Å². The zero-order valence-corrected chi connectivity index (χ0v) is 10.9. The Morgan fingerprint density at radius 3 is 3.05 bits per heavy atom. The number of rotatable bonds is 2. The molecule has 0 aromatic heterocycles. The van der Waals surface area contributed by atoms with Crippen LogP contribution < -0.4 is 5.32 Å². The maximum atomic E-state index is 11.9. The topological polar surface area (TPSA) is 58.6 Å². The fraction of sp³-hybridized carbons (Fsp3) is 0.400. The molecule has 1 unspecified atom stereocenters. The number of carbonyl (C=O) groups is 1. The average molecular weight is 259 g/mol. The van der Waals surface area contributed by atoms with Crippen molar-refractivity contribution in [3.8, 4) is 11.8 Å². The molecule has 1 saturated heterocycles. The van der Waals surface area contributed by atoms with E-state index in [1.807, 2.05) is 19.1 Å². The average Bonchev–Trinajstić information content (AvgIpc) is 2.92. The van der Waals surface area contributed by atoms with Gasteiger partial charge in [-0.3, -0.25) is 4.79 Å². The van der Waals surface area contributed by atoms with Gasteiger partial charge in [0, 0.05) is 17.9 Å². The standard InChI is InChI=1S/C15H17NO3/c1-11-10-13(7-6-12(11)4-2-8-17)16-15(18)14-5-3-9-19-14/h6-7,10,14,17H,3,5,8-9H2,1H3,(H,16,18). The van der Waals surface area contributed by atoms with Crippen LogP contribution in [0.3, 0.4) is 0 Å². The maximum Gasteiger partial charge on any atom is 0.253 e. The molecule has 1 aliphatic rings. The third kappa shape index (κ3) is 3.57. The Kier molecular flexibility index (Phi) is 4.56. The Labute approximate surface area is 112 Å². The van der Waals surface area contributed by atoms with Gasteiger partial charge in [0.1, 0.15) is 12.7 Å². The molecule has 1 fully saturated rings. The molecule has 1 amide bonds. The Bertz CT molecular complexity index is 522. The number of anilines is 1. The summed E-state index contributed by atoms with van der Waals surface area (Å²) < 4.78 is 5.33. The van der Waals surface area contributed by atoms with Crippen LogP contribution in [0, 0.1) is 18.8 Å². The van der Waals surface area contributed by atoms with Crippen LogP contribution in [-0.4, -0.2) is 30.3 Å². The smallest absolute Gasteiger partial charge is 0.253 e. The minimum absolute atomic E-state index is 0.0916. The molecule has 1 atom stereocenters. The number of amides is 1. The van der Waals surface area contributed by atoms with Crippen LogP contribution in [0.15, 0.2) is 18.2 Å². The molecular weight excluding hydrogens is 242 g/mol. The second-order valence-corrected chi connectivity index (χ2v) is 4.48. The first kappa shape index (κ1) is 13.6. The van der Waals surface area contributed by atoms with E-state index in [4.69, 9.17) is 9.84 Å². The van der Waals surface area contributed by atoms with Crippen LogP contribution in [0.1, 0.15) is 24.0 Å². The summed E-state index contributed by atoms with van der Waals surface area (Å²) in [6.07, 6.45) is 1.40. The quantitative estimate of drug-likeness (QED) is 0.790. The monoisotopic (exact) mass is 259 g/mol. The second-order valence-electron chi connectivity index (χ2n) is 4.48. The third-order valence-corrected chi connectivity index (χ3v) is 3.02. The van der Waals surface area contributed by atoms with Crippen molar-refractivity contribution in [3.05, 3.63) is 29.3 Å². The highest BCUT2D eigenvalue weighted by Gasteiger charge is 2.23. The van der Waals surface area contributed by atoms with Gasteiger partial charge in [-0.25, -0.2) is 0 Å². The number of aliphatic hydroxyl groups is 1. The summed E-state index contributed by atoms with van der Waals surface area (Å²) in [5, 5.41) is 11.5. The van der Waals surface area contributed by atoms with Crippen molar-refractivity contribution in [2.24, 2.45) is 0 Å². The minimum atomic E-state index is -0.325. The molecule has 19 heavy (non-hydrogen) atoms. The SMILES string of the molecule is Cc1cc(NC(=O)C2CCCO2)ccc1C#CCO. The molecule has 2 N–H and O–H groups in total. The molecule has 0 aliphatic carbocycles. The first-order chi connectivity index (χ1) is 9.20. The molecule has 100 valence electrons. The zero-order valence-electron chi connectivity index (χ0n) is 10.9. The summed E-state index contributed by atoms with van der Waals surface area (Å²) in [4.78, 5) is 11.9. The van der Waals surface area contributed by atoms with Crippen LogP contribution in [-0.2, 0) is 9.53 Å². The van der Waals surface area contributed by atoms with Crippen LogP contribution in [0.5, 0.6) is 0 Å². The van der Waals surface area contributed by atoms with Crippen molar-refractivity contribution in [3.63, 3.8) is 0 Å². The van der Waals surface area contributed by atoms with Gasteiger partial charge >= 0.3 is 0 Å². The van der Waals surface area contributed by atoms with Crippen molar-refractivity contribution in [2.45, 2.75) is 25.9 Å². The van der Waals surface area contributed by atoms with Gasteiger partial charge in [-0.15, -0.1) is 0 Å². The van der Waals surface area contributed by atoms with Gasteiger partial charge in [-0.2, -0.15) is 0 Å². The highest BCUT2D eigenvalue weighted by atomic mass is 16.5. The summed E-state index contributed by atoms with van der Waals surface area (Å²) in [6.45, 7) is 2.42. The highest BCUT2D eigenvalue weighted by molar-refractivity contribution is 5.94. The number of ether oxygens (including phenoxy) is 1. The minimum Gasteiger partial charge on any atom is -0.384 e. The fourth-order valence-electron chi connectivity index (χ4n) is 2.02. The van der Waals surface area contributed by atoms with Crippen LogP contribution in [0.25, 0.3) is 0 Å². The molecular formula is C15H17NO3. The summed E-state index contributed by atoms with van der Waals surface area (Å²) in [7, 11) is 0. The normalized spacial score (nSPS) is 17.7. The molecule has 4 nitrogen and oxygen atoms in total. The van der Waals surface area contributed by atoms with Crippen molar-refractivity contribution >= 4 is 11.6 Å². The van der Waals surface area contributed by atoms with E-state index in [1.165, 1.54) is 0 Å². The summed E-state index contributed by atoms with van der Waals surface area (Å²) in [5.74, 6) is 5.38. The Balaban J connectivity index is 2.05. The number of aliphatic hydroxyl groups excluding tert-OH is 1. The lowest BCUT2D eigenvalue weighted by molar-refractivity contribution is -0.124. The molecule has 1 heterocycles. The van der Waals surface area contributed by atoms with Crippen molar-refractivity contribution < 1.29 is 14.6 Å². The number of nitrogens with one attached hydrogen (secondary N) is 1. The molecule has 0 bridgehead atoms. The molecule has 4 heteroatoms. The lowest BCUT2D eigenvalue weighted by Gasteiger charge is -2.11. The Morgan fingerprint density at radius 1 is 1.58 bits per heavy atom. The number of benzene rings is 1. The van der Waals surface area contributed by atoms with Crippen molar-refractivity contribution in [1.82, 2.24) is 0 Å². The predicted octanol–water partition coefficient (Wildman–Crippen LogP) is 1.46. The highest BCUT2D eigenvalue weighted by Crippen LogP contribution is 2.17. The maximum absolute atomic E-state index is 11.9. The molecule has 1 aliphatic heterocycles. The largest absolute Gasteiger partial charge is 0.384 e. The lowest BCUT2D eigenvalue weighted by Crippen LogP contribution is -2.26. The van der Waals surface area contributed by atoms with E-state index in [0.717, 1.165) is 29.7 Å². The van der Waals surface area contributed by atoms with E-state index in [0.29, 0.717) is 6.61 Å². The van der Waals surface area contributed by atoms with E-state index in [1.54, 1.807) is 6.07 Å². The second kappa shape index (κ2) is 6.37. The van der Waals surface area contributed by atoms with E-state index >= 15 is 0 Å². The van der Waals surface area contributed by atoms with Crippen molar-refractivity contribution in [2.75, 3.05) is 18.5 Å². The van der Waals surface area contributed by atoms with Gasteiger partial charge in [0.25, 0.3) is 5.91 Å². The summed E-state index contributed by atoms with van der Waals surface area (Å²) in [6, 6.07) is 5.51. The zero-order chi connectivity index (χ0) is 13.7. The molecule has 0 spiro atoms. The first-order valence-electron chi connectivity index (χ1n) is 6.33. The van der Waals surface area contributed by atoms with Crippen molar-refractivity contribution in [1.29, 1.82) is 0 Å². The van der Waals surface area contributed by atoms with Crippen LogP contribution >= 0.6 is 0 Å². The molecule has 0 saturated carbocycles. The van der Waals surface area contributed by atoms with Gasteiger partial charge in [0.15, 0.2) is 0 Å². The predicted molar refractivity (Wildman–Crippen MR) is 72.7 cm³/mol. The van der Waals surface area contributed by atoms with Crippen LogP contribution in [0.2, 0.25) is 0 Å². The lowest BCUT2D eigenvalue weighted by atomic mass is 10.1. The van der Waals surface area contributed by atoms with Gasteiger partial charge in [-0.1, -0.05) is 11.8 Å². The number of carbonyl (C=O) groups excluding carboxylic acids is 1. The van der Waals surface area contributed by atoms with Crippen LogP contribution in [0.4, 0.5) is 5.69 Å². The first-order valence-corrected chi connectivity index (χ1v) is 6.33. The van der Waals surface area contributed by atoms with Gasteiger partial charge in [0.2, 0.25) is 0 Å². The number of aryl methyl sites for hydroxylation is 1. The third-order valence-electron chi connectivity index (χ3n) is 3.02. The number of hydrogen-bond acceptors (Lipinski definition) is 3. The van der Waals surface area contributed by atoms with Gasteiger partial charge < -0.3 is 15.2 Å².